The molecule has 1 N–H and O–H groups in total. The lowest BCUT2D eigenvalue weighted by Gasteiger charge is -2.22. The van der Waals surface area contributed by atoms with Crippen molar-refractivity contribution in [3.05, 3.63) is 24.3 Å². The van der Waals surface area contributed by atoms with Crippen LogP contribution in [0.15, 0.2) is 24.3 Å². The Balaban J connectivity index is 2.54. The van der Waals surface area contributed by atoms with Crippen molar-refractivity contribution in [1.29, 1.82) is 0 Å². The predicted octanol–water partition coefficient (Wildman–Crippen LogP) is 0.728. The number of carbonyl (C=O) groups is 2. The molecule has 1 aliphatic heterocycles. The second-order valence-corrected chi connectivity index (χ2v) is 3.68. The molecule has 0 aromatic carbocycles. The SMILES string of the molecule is C=C(C(=O)OCCCC)[C@H]1O[C@H](O)C=CC1=O. The largest absolute Gasteiger partial charge is 0.462 e. The Labute approximate surface area is 99.7 Å². The molecular formula is C12H16O5. The fourth-order valence-corrected chi connectivity index (χ4v) is 1.28. The molecule has 5 nitrogen and oxygen atoms in total. The summed E-state index contributed by atoms with van der Waals surface area (Å²) < 4.78 is 9.81. The summed E-state index contributed by atoms with van der Waals surface area (Å²) in [6.07, 6.45) is 1.68. The zero-order valence-corrected chi connectivity index (χ0v) is 9.72. The first kappa shape index (κ1) is 13.6. The third-order valence-corrected chi connectivity index (χ3v) is 2.27. The van der Waals surface area contributed by atoms with Crippen LogP contribution in [0, 0.1) is 0 Å². The zero-order valence-electron chi connectivity index (χ0n) is 9.72. The van der Waals surface area contributed by atoms with Crippen LogP contribution < -0.4 is 0 Å². The summed E-state index contributed by atoms with van der Waals surface area (Å²) in [5.41, 5.74) is -0.0884. The van der Waals surface area contributed by atoms with Gasteiger partial charge >= 0.3 is 5.97 Å². The van der Waals surface area contributed by atoms with Crippen LogP contribution in [0.25, 0.3) is 0 Å². The Morgan fingerprint density at radius 3 is 3.00 bits per heavy atom. The Kier molecular flexibility index (Phi) is 5.06. The second-order valence-electron chi connectivity index (χ2n) is 3.68. The van der Waals surface area contributed by atoms with Gasteiger partial charge in [-0.25, -0.2) is 4.79 Å². The molecule has 0 saturated heterocycles. The highest BCUT2D eigenvalue weighted by molar-refractivity contribution is 6.04. The van der Waals surface area contributed by atoms with Gasteiger partial charge in [0.25, 0.3) is 0 Å². The van der Waals surface area contributed by atoms with Crippen molar-refractivity contribution in [2.45, 2.75) is 32.2 Å². The Morgan fingerprint density at radius 1 is 1.65 bits per heavy atom. The average Bonchev–Trinajstić information content (AvgIpc) is 2.31. The van der Waals surface area contributed by atoms with Gasteiger partial charge in [0, 0.05) is 0 Å². The van der Waals surface area contributed by atoms with Crippen LogP contribution in [-0.2, 0) is 19.1 Å². The van der Waals surface area contributed by atoms with Crippen LogP contribution in [0.3, 0.4) is 0 Å². The highest BCUT2D eigenvalue weighted by Gasteiger charge is 2.30. The second kappa shape index (κ2) is 6.32. The predicted molar refractivity (Wildman–Crippen MR) is 60.0 cm³/mol. The molecule has 1 rings (SSSR count). The van der Waals surface area contributed by atoms with Gasteiger partial charge in [-0.2, -0.15) is 0 Å². The first-order valence-corrected chi connectivity index (χ1v) is 5.47. The van der Waals surface area contributed by atoms with E-state index in [2.05, 4.69) is 6.58 Å². The number of hydrogen-bond acceptors (Lipinski definition) is 5. The quantitative estimate of drug-likeness (QED) is 0.435. The molecule has 0 aromatic rings. The van der Waals surface area contributed by atoms with E-state index in [1.807, 2.05) is 6.92 Å². The van der Waals surface area contributed by atoms with Gasteiger partial charge in [-0.05, 0) is 18.6 Å². The number of aliphatic hydroxyl groups is 1. The summed E-state index contributed by atoms with van der Waals surface area (Å²) >= 11 is 0. The molecule has 17 heavy (non-hydrogen) atoms. The summed E-state index contributed by atoms with van der Waals surface area (Å²) in [6, 6.07) is 0. The van der Waals surface area contributed by atoms with E-state index in [0.29, 0.717) is 0 Å². The molecule has 0 aromatic heterocycles. The summed E-state index contributed by atoms with van der Waals surface area (Å²) in [7, 11) is 0. The van der Waals surface area contributed by atoms with Gasteiger partial charge in [-0.15, -0.1) is 0 Å². The molecule has 0 bridgehead atoms. The van der Waals surface area contributed by atoms with Gasteiger partial charge in [-0.1, -0.05) is 19.9 Å². The fraction of sp³-hybridized carbons (Fsp3) is 0.500. The molecule has 5 heteroatoms. The van der Waals surface area contributed by atoms with Gasteiger partial charge in [-0.3, -0.25) is 4.79 Å². The van der Waals surface area contributed by atoms with Gasteiger partial charge in [0.05, 0.1) is 12.2 Å². The number of rotatable bonds is 5. The number of esters is 1. The van der Waals surface area contributed by atoms with E-state index in [9.17, 15) is 14.7 Å². The minimum Gasteiger partial charge on any atom is -0.462 e. The molecule has 0 unspecified atom stereocenters. The van der Waals surface area contributed by atoms with Crippen LogP contribution in [-0.4, -0.2) is 35.9 Å². The van der Waals surface area contributed by atoms with E-state index >= 15 is 0 Å². The molecule has 0 aliphatic carbocycles. The van der Waals surface area contributed by atoms with E-state index in [-0.39, 0.29) is 12.2 Å². The summed E-state index contributed by atoms with van der Waals surface area (Å²) in [4.78, 5) is 22.9. The number of ether oxygens (including phenoxy) is 2. The molecule has 1 heterocycles. The molecule has 0 fully saturated rings. The third kappa shape index (κ3) is 3.80. The molecule has 0 radical (unpaired) electrons. The van der Waals surface area contributed by atoms with Crippen LogP contribution in [0.5, 0.6) is 0 Å². The maximum atomic E-state index is 11.5. The number of ketones is 1. The van der Waals surface area contributed by atoms with E-state index in [4.69, 9.17) is 9.47 Å². The molecule has 0 spiro atoms. The highest BCUT2D eigenvalue weighted by atomic mass is 16.6. The van der Waals surface area contributed by atoms with Gasteiger partial charge in [0.2, 0.25) is 0 Å². The van der Waals surface area contributed by atoms with Crippen LogP contribution in [0.1, 0.15) is 19.8 Å². The lowest BCUT2D eigenvalue weighted by atomic mass is 10.1. The number of hydrogen-bond donors (Lipinski definition) is 1. The smallest absolute Gasteiger partial charge is 0.336 e. The maximum Gasteiger partial charge on any atom is 0.336 e. The monoisotopic (exact) mass is 240 g/mol. The molecule has 94 valence electrons. The van der Waals surface area contributed by atoms with Crippen molar-refractivity contribution < 1.29 is 24.2 Å². The van der Waals surface area contributed by atoms with Crippen LogP contribution >= 0.6 is 0 Å². The molecule has 0 amide bonds. The highest BCUT2D eigenvalue weighted by Crippen LogP contribution is 2.15. The van der Waals surface area contributed by atoms with Crippen molar-refractivity contribution in [2.24, 2.45) is 0 Å². The van der Waals surface area contributed by atoms with Crippen molar-refractivity contribution in [1.82, 2.24) is 0 Å². The standard InChI is InChI=1S/C12H16O5/c1-3-4-7-16-12(15)8(2)11-9(13)5-6-10(14)17-11/h5-6,10-11,14H,2-4,7H2,1H3/t10-,11+/m0/s1. The van der Waals surface area contributed by atoms with Gasteiger partial charge < -0.3 is 14.6 Å². The minimum absolute atomic E-state index is 0.0884. The normalized spacial score (nSPS) is 23.5. The maximum absolute atomic E-state index is 11.5. The molecular weight excluding hydrogens is 224 g/mol. The average molecular weight is 240 g/mol. The lowest BCUT2D eigenvalue weighted by Crippen LogP contribution is -2.35. The van der Waals surface area contributed by atoms with E-state index in [1.54, 1.807) is 0 Å². The van der Waals surface area contributed by atoms with Crippen LogP contribution in [0.4, 0.5) is 0 Å². The molecule has 0 saturated carbocycles. The summed E-state index contributed by atoms with van der Waals surface area (Å²) in [6.45, 7) is 5.73. The number of carbonyl (C=O) groups excluding carboxylic acids is 2. The van der Waals surface area contributed by atoms with Crippen molar-refractivity contribution in [3.8, 4) is 0 Å². The fourth-order valence-electron chi connectivity index (χ4n) is 1.28. The topological polar surface area (TPSA) is 72.8 Å². The van der Waals surface area contributed by atoms with E-state index in [0.717, 1.165) is 12.8 Å². The lowest BCUT2D eigenvalue weighted by molar-refractivity contribution is -0.151. The Bertz CT molecular complexity index is 345. The Hall–Kier alpha value is -1.46. The molecule has 2 atom stereocenters. The molecule has 1 aliphatic rings. The van der Waals surface area contributed by atoms with Crippen molar-refractivity contribution in [2.75, 3.05) is 6.61 Å². The summed E-state index contributed by atoms with van der Waals surface area (Å²) in [5.74, 6) is -1.09. The minimum atomic E-state index is -1.20. The third-order valence-electron chi connectivity index (χ3n) is 2.27. The van der Waals surface area contributed by atoms with Crippen molar-refractivity contribution in [3.63, 3.8) is 0 Å². The Morgan fingerprint density at radius 2 is 2.35 bits per heavy atom. The summed E-state index contributed by atoms with van der Waals surface area (Å²) in [5, 5.41) is 9.19. The van der Waals surface area contributed by atoms with Crippen molar-refractivity contribution >= 4 is 11.8 Å². The first-order chi connectivity index (χ1) is 8.06. The number of unbranched alkanes of at least 4 members (excludes halogenated alkanes) is 1. The first-order valence-electron chi connectivity index (χ1n) is 5.47. The van der Waals surface area contributed by atoms with Gasteiger partial charge in [0.1, 0.15) is 0 Å². The number of aliphatic hydroxyl groups excluding tert-OH is 1. The zero-order chi connectivity index (χ0) is 12.8. The van der Waals surface area contributed by atoms with E-state index < -0.39 is 24.1 Å². The van der Waals surface area contributed by atoms with Crippen LogP contribution in [0.2, 0.25) is 0 Å². The van der Waals surface area contributed by atoms with Gasteiger partial charge in [0.15, 0.2) is 18.2 Å². The van der Waals surface area contributed by atoms with E-state index in [1.165, 1.54) is 12.2 Å².